The first kappa shape index (κ1) is 42.1. The van der Waals surface area contributed by atoms with Crippen LogP contribution in [0.2, 0.25) is 0 Å². The number of aromatic carboxylic acids is 2. The number of hydrogen-bond acceptors (Lipinski definition) is 9. The van der Waals surface area contributed by atoms with Crippen LogP contribution in [0.3, 0.4) is 0 Å². The summed E-state index contributed by atoms with van der Waals surface area (Å²) in [7, 11) is 0. The van der Waals surface area contributed by atoms with Crippen LogP contribution >= 0.6 is 0 Å². The number of nitrogens with zero attached hydrogens (tertiary/aromatic N) is 2. The van der Waals surface area contributed by atoms with E-state index in [1.807, 2.05) is 0 Å². The fourth-order valence-electron chi connectivity index (χ4n) is 5.92. The standard InChI is InChI=1S/C40H35F6N7O5/c1-2-50-36(54)25-17-34(32(47)19-51-26-7-3-5-21(13-26)23-9-11-28(37(55)56)30(15-23)39(41,42)43)52-35(18-25)33(48)20-53(49)27-8-4-6-22(14-27)24-10-12-29(38(57)58)31(16-24)40(44,45)46/h3,5-7,9-20,51H,2,4,8,47-49H2,1H3,(H,50,54)(H,55,56)(H,57,58)/b32-19-,33-20-. The van der Waals surface area contributed by atoms with Crippen molar-refractivity contribution in [3.63, 3.8) is 0 Å². The number of carboxylic acids is 2. The Hall–Kier alpha value is -7.08. The fourth-order valence-corrected chi connectivity index (χ4v) is 5.92. The molecule has 1 aliphatic carbocycles. The minimum absolute atomic E-state index is 0.0114. The van der Waals surface area contributed by atoms with Crippen molar-refractivity contribution >= 4 is 40.5 Å². The zero-order valence-electron chi connectivity index (χ0n) is 30.4. The van der Waals surface area contributed by atoms with Crippen molar-refractivity contribution in [3.8, 4) is 11.1 Å². The summed E-state index contributed by atoms with van der Waals surface area (Å²) in [4.78, 5) is 40.3. The van der Waals surface area contributed by atoms with Gasteiger partial charge in [0, 0.05) is 35.9 Å². The lowest BCUT2D eigenvalue weighted by Crippen LogP contribution is -2.27. The molecule has 18 heteroatoms. The minimum Gasteiger partial charge on any atom is -0.478 e. The Labute approximate surface area is 326 Å². The van der Waals surface area contributed by atoms with Gasteiger partial charge in [0.25, 0.3) is 5.91 Å². The highest BCUT2D eigenvalue weighted by molar-refractivity contribution is 5.96. The van der Waals surface area contributed by atoms with E-state index < -0.39 is 52.5 Å². The molecule has 0 bridgehead atoms. The van der Waals surface area contributed by atoms with Gasteiger partial charge in [0.15, 0.2) is 0 Å². The van der Waals surface area contributed by atoms with Crippen molar-refractivity contribution < 1.29 is 50.9 Å². The maximum atomic E-state index is 13.7. The normalized spacial score (nSPS) is 13.7. The van der Waals surface area contributed by atoms with Crippen LogP contribution < -0.4 is 27.9 Å². The Morgan fingerprint density at radius 3 is 1.97 bits per heavy atom. The minimum atomic E-state index is -4.91. The van der Waals surface area contributed by atoms with Crippen LogP contribution in [0.15, 0.2) is 103 Å². The van der Waals surface area contributed by atoms with Gasteiger partial charge in [-0.3, -0.25) is 9.80 Å². The summed E-state index contributed by atoms with van der Waals surface area (Å²) in [5.41, 5.74) is 10.4. The molecule has 1 amide bonds. The highest BCUT2D eigenvalue weighted by Crippen LogP contribution is 2.37. The van der Waals surface area contributed by atoms with Crippen LogP contribution in [0.5, 0.6) is 0 Å². The third-order valence-electron chi connectivity index (χ3n) is 8.75. The number of carbonyl (C=O) groups excluding carboxylic acids is 1. The van der Waals surface area contributed by atoms with E-state index in [4.69, 9.17) is 17.3 Å². The Morgan fingerprint density at radius 1 is 0.810 bits per heavy atom. The number of rotatable bonds is 12. The molecule has 10 N–H and O–H groups in total. The number of anilines is 1. The molecule has 0 atom stereocenters. The van der Waals surface area contributed by atoms with Crippen molar-refractivity contribution in [2.24, 2.45) is 17.3 Å². The van der Waals surface area contributed by atoms with Gasteiger partial charge in [-0.15, -0.1) is 0 Å². The number of halogens is 6. The summed E-state index contributed by atoms with van der Waals surface area (Å²) >= 11 is 0. The summed E-state index contributed by atoms with van der Waals surface area (Å²) in [5, 5.41) is 25.3. The molecule has 12 nitrogen and oxygen atoms in total. The van der Waals surface area contributed by atoms with E-state index in [2.05, 4.69) is 15.6 Å². The molecule has 0 aliphatic heterocycles. The van der Waals surface area contributed by atoms with E-state index in [1.165, 1.54) is 54.9 Å². The highest BCUT2D eigenvalue weighted by atomic mass is 19.4. The van der Waals surface area contributed by atoms with Gasteiger partial charge in [0.1, 0.15) is 0 Å². The highest BCUT2D eigenvalue weighted by Gasteiger charge is 2.37. The molecule has 0 spiro atoms. The molecule has 1 aromatic heterocycles. The van der Waals surface area contributed by atoms with Crippen LogP contribution in [0, 0.1) is 0 Å². The van der Waals surface area contributed by atoms with Gasteiger partial charge >= 0.3 is 24.3 Å². The van der Waals surface area contributed by atoms with Gasteiger partial charge in [-0.05, 0) is 96.6 Å². The number of alkyl halides is 6. The molecule has 4 aromatic rings. The van der Waals surface area contributed by atoms with E-state index in [0.717, 1.165) is 29.3 Å². The first-order valence-electron chi connectivity index (χ1n) is 17.2. The van der Waals surface area contributed by atoms with Crippen molar-refractivity contribution in [1.82, 2.24) is 15.3 Å². The predicted octanol–water partition coefficient (Wildman–Crippen LogP) is 7.50. The van der Waals surface area contributed by atoms with Gasteiger partial charge in [-0.25, -0.2) is 20.4 Å². The lowest BCUT2D eigenvalue weighted by molar-refractivity contribution is -0.138. The molecule has 1 aliphatic rings. The maximum Gasteiger partial charge on any atom is 0.417 e. The second-order valence-electron chi connectivity index (χ2n) is 12.8. The lowest BCUT2D eigenvalue weighted by Gasteiger charge is -2.23. The summed E-state index contributed by atoms with van der Waals surface area (Å²) < 4.78 is 82.0. The van der Waals surface area contributed by atoms with Crippen molar-refractivity contribution in [2.75, 3.05) is 11.9 Å². The number of aromatic nitrogens is 1. The average molecular weight is 808 g/mol. The van der Waals surface area contributed by atoms with Gasteiger partial charge in [0.2, 0.25) is 0 Å². The van der Waals surface area contributed by atoms with Crippen LogP contribution in [0.4, 0.5) is 32.0 Å². The van der Waals surface area contributed by atoms with Crippen LogP contribution in [0.1, 0.15) is 78.9 Å². The second-order valence-corrected chi connectivity index (χ2v) is 12.8. The third kappa shape index (κ3) is 9.83. The number of carbonyl (C=O) groups is 3. The van der Waals surface area contributed by atoms with Gasteiger partial charge in [0.05, 0.1) is 45.0 Å². The number of benzene rings is 3. The number of nitrogens with two attached hydrogens (primary N) is 3. The number of amides is 1. The van der Waals surface area contributed by atoms with E-state index in [9.17, 15) is 50.9 Å². The summed E-state index contributed by atoms with van der Waals surface area (Å²) in [6.07, 6.45) is -3.22. The summed E-state index contributed by atoms with van der Waals surface area (Å²) in [6, 6.07) is 14.8. The molecular formula is C40H35F6N7O5. The van der Waals surface area contributed by atoms with E-state index in [-0.39, 0.29) is 46.0 Å². The van der Waals surface area contributed by atoms with Crippen molar-refractivity contribution in [1.29, 1.82) is 0 Å². The van der Waals surface area contributed by atoms with E-state index >= 15 is 0 Å². The zero-order valence-corrected chi connectivity index (χ0v) is 30.4. The van der Waals surface area contributed by atoms with Crippen molar-refractivity contribution in [3.05, 3.63) is 148 Å². The van der Waals surface area contributed by atoms with Crippen LogP contribution in [-0.2, 0) is 12.4 Å². The van der Waals surface area contributed by atoms with Gasteiger partial charge < -0.3 is 32.3 Å². The first-order valence-corrected chi connectivity index (χ1v) is 17.2. The molecule has 5 rings (SSSR count). The van der Waals surface area contributed by atoms with E-state index in [0.29, 0.717) is 35.4 Å². The number of carboxylic acid groups (broad SMARTS) is 2. The fraction of sp³-hybridized carbons (Fsp3) is 0.150. The smallest absolute Gasteiger partial charge is 0.417 e. The number of nitrogens with one attached hydrogen (secondary N) is 2. The lowest BCUT2D eigenvalue weighted by atomic mass is 9.94. The number of hydrogen-bond donors (Lipinski definition) is 7. The molecular weight excluding hydrogens is 772 g/mol. The average Bonchev–Trinajstić information content (AvgIpc) is 3.18. The Kier molecular flexibility index (Phi) is 12.3. The predicted molar refractivity (Wildman–Crippen MR) is 204 cm³/mol. The quantitative estimate of drug-likeness (QED) is 0.0424. The Morgan fingerprint density at radius 2 is 1.38 bits per heavy atom. The van der Waals surface area contributed by atoms with E-state index in [1.54, 1.807) is 25.1 Å². The Bertz CT molecular complexity index is 2400. The molecule has 302 valence electrons. The van der Waals surface area contributed by atoms with Crippen LogP contribution in [-0.4, -0.2) is 44.6 Å². The first-order chi connectivity index (χ1) is 27.3. The number of hydrazine groups is 1. The zero-order chi connectivity index (χ0) is 42.5. The largest absolute Gasteiger partial charge is 0.478 e. The monoisotopic (exact) mass is 807 g/mol. The van der Waals surface area contributed by atoms with Gasteiger partial charge in [-0.2, -0.15) is 26.3 Å². The topological polar surface area (TPSA) is 210 Å². The third-order valence-corrected chi connectivity index (χ3v) is 8.75. The molecule has 0 saturated carbocycles. The summed E-state index contributed by atoms with van der Waals surface area (Å²) in [6.45, 7) is 2.00. The molecule has 0 unspecified atom stereocenters. The van der Waals surface area contributed by atoms with Crippen LogP contribution in [0.25, 0.3) is 28.1 Å². The van der Waals surface area contributed by atoms with Gasteiger partial charge in [-0.1, -0.05) is 30.3 Å². The molecule has 0 fully saturated rings. The number of allylic oxidation sites excluding steroid dienone is 4. The number of pyridine rings is 1. The van der Waals surface area contributed by atoms with Crippen molar-refractivity contribution in [2.45, 2.75) is 32.1 Å². The molecule has 3 aromatic carbocycles. The molecule has 1 heterocycles. The maximum absolute atomic E-state index is 13.7. The second kappa shape index (κ2) is 17.0. The summed E-state index contributed by atoms with van der Waals surface area (Å²) in [5.74, 6) is 2.42. The SMILES string of the molecule is CCNC(=O)c1cc(/C(N)=C/Nc2cccc(-c3ccc(C(=O)O)c(C(F)(F)F)c3)c2)nc(/C(N)=C/N(N)C2=CC(c3ccc(C(=O)O)c(C(F)(F)F)c3)=CCC2)c1. The Balaban J connectivity index is 1.43. The molecule has 0 radical (unpaired) electrons. The molecule has 58 heavy (non-hydrogen) atoms. The molecule has 0 saturated heterocycles.